The summed E-state index contributed by atoms with van der Waals surface area (Å²) in [6.45, 7) is 2.05. The van der Waals surface area contributed by atoms with Gasteiger partial charge in [-0.05, 0) is 38.5 Å². The summed E-state index contributed by atoms with van der Waals surface area (Å²) in [5.41, 5.74) is -0.871. The summed E-state index contributed by atoms with van der Waals surface area (Å²) in [5.74, 6) is -0.820. The molecule has 1 atom stereocenters. The summed E-state index contributed by atoms with van der Waals surface area (Å²) >= 11 is 0. The lowest BCUT2D eigenvalue weighted by atomic mass is 9.69. The average molecular weight is 213 g/mol. The van der Waals surface area contributed by atoms with Crippen molar-refractivity contribution in [2.75, 3.05) is 0 Å². The molecule has 0 heterocycles. The SMILES string of the molecule is CCCCC(O)C1(C(=O)O)CC[CH]CC1. The van der Waals surface area contributed by atoms with Crippen LogP contribution in [-0.4, -0.2) is 22.3 Å². The van der Waals surface area contributed by atoms with E-state index in [1.54, 1.807) is 0 Å². The number of rotatable bonds is 5. The Kier molecular flexibility index (Phi) is 4.58. The fourth-order valence-corrected chi connectivity index (χ4v) is 2.35. The number of hydrogen-bond donors (Lipinski definition) is 2. The minimum atomic E-state index is -0.871. The molecule has 3 nitrogen and oxygen atoms in total. The van der Waals surface area contributed by atoms with E-state index in [4.69, 9.17) is 0 Å². The van der Waals surface area contributed by atoms with Crippen molar-refractivity contribution in [2.24, 2.45) is 5.41 Å². The van der Waals surface area contributed by atoms with Gasteiger partial charge in [0.1, 0.15) is 0 Å². The van der Waals surface area contributed by atoms with Gasteiger partial charge in [-0.15, -0.1) is 0 Å². The Morgan fingerprint density at radius 2 is 2.07 bits per heavy atom. The summed E-state index contributed by atoms with van der Waals surface area (Å²) in [5, 5.41) is 19.3. The van der Waals surface area contributed by atoms with Crippen LogP contribution in [0.1, 0.15) is 51.9 Å². The Labute approximate surface area is 91.5 Å². The Bertz CT molecular complexity index is 207. The molecule has 1 aliphatic rings. The molecule has 0 aromatic carbocycles. The van der Waals surface area contributed by atoms with Crippen molar-refractivity contribution in [1.29, 1.82) is 0 Å². The lowest BCUT2D eigenvalue weighted by Crippen LogP contribution is -2.44. The fourth-order valence-electron chi connectivity index (χ4n) is 2.35. The molecule has 1 aliphatic carbocycles. The number of carboxylic acids is 1. The molecule has 1 rings (SSSR count). The average Bonchev–Trinajstić information content (AvgIpc) is 2.26. The zero-order valence-electron chi connectivity index (χ0n) is 9.41. The number of carbonyl (C=O) groups is 1. The maximum atomic E-state index is 11.3. The number of unbranched alkanes of at least 4 members (excludes halogenated alkanes) is 1. The molecule has 3 heteroatoms. The number of carboxylic acid groups (broad SMARTS) is 1. The molecule has 1 unspecified atom stereocenters. The van der Waals surface area contributed by atoms with Gasteiger partial charge in [0, 0.05) is 0 Å². The summed E-state index contributed by atoms with van der Waals surface area (Å²) in [7, 11) is 0. The molecule has 1 radical (unpaired) electrons. The van der Waals surface area contributed by atoms with Crippen LogP contribution >= 0.6 is 0 Å². The third kappa shape index (κ3) is 2.71. The maximum absolute atomic E-state index is 11.3. The van der Waals surface area contributed by atoms with Crippen LogP contribution in [0.3, 0.4) is 0 Å². The Morgan fingerprint density at radius 3 is 2.53 bits per heavy atom. The van der Waals surface area contributed by atoms with Gasteiger partial charge in [-0.3, -0.25) is 4.79 Å². The highest BCUT2D eigenvalue weighted by Gasteiger charge is 2.45. The molecule has 87 valence electrons. The van der Waals surface area contributed by atoms with Gasteiger partial charge in [0.2, 0.25) is 0 Å². The third-order valence-corrected chi connectivity index (χ3v) is 3.48. The van der Waals surface area contributed by atoms with Crippen molar-refractivity contribution >= 4 is 5.97 Å². The Morgan fingerprint density at radius 1 is 1.47 bits per heavy atom. The van der Waals surface area contributed by atoms with Gasteiger partial charge in [0.05, 0.1) is 11.5 Å². The van der Waals surface area contributed by atoms with Crippen LogP contribution in [0, 0.1) is 11.8 Å². The molecule has 1 saturated carbocycles. The minimum Gasteiger partial charge on any atom is -0.481 e. The van der Waals surface area contributed by atoms with E-state index in [0.717, 1.165) is 25.7 Å². The highest BCUT2D eigenvalue weighted by atomic mass is 16.4. The molecule has 0 saturated heterocycles. The molecule has 0 spiro atoms. The number of aliphatic hydroxyl groups excluding tert-OH is 1. The first-order valence-electron chi connectivity index (χ1n) is 5.86. The normalized spacial score (nSPS) is 22.3. The molecule has 0 amide bonds. The molecular weight excluding hydrogens is 192 g/mol. The van der Waals surface area contributed by atoms with E-state index in [1.165, 1.54) is 0 Å². The van der Waals surface area contributed by atoms with Crippen LogP contribution in [0.15, 0.2) is 0 Å². The van der Waals surface area contributed by atoms with E-state index in [9.17, 15) is 15.0 Å². The molecule has 0 aliphatic heterocycles. The van der Waals surface area contributed by atoms with Gasteiger partial charge in [-0.2, -0.15) is 0 Å². The van der Waals surface area contributed by atoms with Crippen LogP contribution in [-0.2, 0) is 4.79 Å². The van der Waals surface area contributed by atoms with Crippen molar-refractivity contribution in [3.05, 3.63) is 6.42 Å². The number of hydrogen-bond acceptors (Lipinski definition) is 2. The first-order chi connectivity index (χ1) is 7.13. The lowest BCUT2D eigenvalue weighted by Gasteiger charge is -2.37. The van der Waals surface area contributed by atoms with Gasteiger partial charge < -0.3 is 10.2 Å². The molecule has 0 bridgehead atoms. The highest BCUT2D eigenvalue weighted by Crippen LogP contribution is 2.40. The Balaban J connectivity index is 2.66. The zero-order valence-corrected chi connectivity index (χ0v) is 9.41. The van der Waals surface area contributed by atoms with Crippen LogP contribution in [0.4, 0.5) is 0 Å². The second-order valence-corrected chi connectivity index (χ2v) is 4.49. The first-order valence-corrected chi connectivity index (χ1v) is 5.86. The standard InChI is InChI=1S/C12H21O3/c1-2-3-7-10(13)12(11(14)15)8-5-4-6-9-12/h4,10,13H,2-3,5-9H2,1H3,(H,14,15). The first kappa shape index (κ1) is 12.5. The fraction of sp³-hybridized carbons (Fsp3) is 0.833. The lowest BCUT2D eigenvalue weighted by molar-refractivity contribution is -0.159. The van der Waals surface area contributed by atoms with Crippen molar-refractivity contribution in [2.45, 2.75) is 58.0 Å². The number of aliphatic carboxylic acids is 1. The molecule has 0 aromatic rings. The highest BCUT2D eigenvalue weighted by molar-refractivity contribution is 5.75. The van der Waals surface area contributed by atoms with Gasteiger partial charge in [0.25, 0.3) is 0 Å². The molecule has 1 fully saturated rings. The molecule has 2 N–H and O–H groups in total. The molecular formula is C12H21O3. The van der Waals surface area contributed by atoms with Crippen LogP contribution in [0.5, 0.6) is 0 Å². The van der Waals surface area contributed by atoms with Gasteiger partial charge in [0.15, 0.2) is 0 Å². The predicted octanol–water partition coefficient (Wildman–Crippen LogP) is 2.39. The van der Waals surface area contributed by atoms with Crippen LogP contribution < -0.4 is 0 Å². The zero-order chi connectivity index (χ0) is 11.3. The largest absolute Gasteiger partial charge is 0.481 e. The van der Waals surface area contributed by atoms with E-state index in [1.807, 2.05) is 0 Å². The summed E-state index contributed by atoms with van der Waals surface area (Å²) in [6.07, 6.45) is 6.77. The predicted molar refractivity (Wildman–Crippen MR) is 58.4 cm³/mol. The van der Waals surface area contributed by atoms with Gasteiger partial charge >= 0.3 is 5.97 Å². The quantitative estimate of drug-likeness (QED) is 0.737. The smallest absolute Gasteiger partial charge is 0.312 e. The Hall–Kier alpha value is -0.570. The van der Waals surface area contributed by atoms with E-state index < -0.39 is 17.5 Å². The topological polar surface area (TPSA) is 57.5 Å². The summed E-state index contributed by atoms with van der Waals surface area (Å²) < 4.78 is 0. The van der Waals surface area contributed by atoms with Gasteiger partial charge in [-0.1, -0.05) is 19.8 Å². The van der Waals surface area contributed by atoms with Crippen LogP contribution in [0.2, 0.25) is 0 Å². The summed E-state index contributed by atoms with van der Waals surface area (Å²) in [4.78, 5) is 11.3. The van der Waals surface area contributed by atoms with Crippen molar-refractivity contribution in [3.63, 3.8) is 0 Å². The second-order valence-electron chi connectivity index (χ2n) is 4.49. The van der Waals surface area contributed by atoms with E-state index in [-0.39, 0.29) is 0 Å². The van der Waals surface area contributed by atoms with Gasteiger partial charge in [-0.25, -0.2) is 0 Å². The monoisotopic (exact) mass is 213 g/mol. The van der Waals surface area contributed by atoms with Crippen molar-refractivity contribution in [3.8, 4) is 0 Å². The molecule has 15 heavy (non-hydrogen) atoms. The van der Waals surface area contributed by atoms with E-state index in [0.29, 0.717) is 19.3 Å². The van der Waals surface area contributed by atoms with Crippen LogP contribution in [0.25, 0.3) is 0 Å². The minimum absolute atomic E-state index is 0.590. The van der Waals surface area contributed by atoms with Crippen molar-refractivity contribution < 1.29 is 15.0 Å². The van der Waals surface area contributed by atoms with Crippen molar-refractivity contribution in [1.82, 2.24) is 0 Å². The summed E-state index contributed by atoms with van der Waals surface area (Å²) in [6, 6.07) is 0. The van der Waals surface area contributed by atoms with E-state index in [2.05, 4.69) is 13.3 Å². The third-order valence-electron chi connectivity index (χ3n) is 3.48. The maximum Gasteiger partial charge on any atom is 0.312 e. The molecule has 0 aromatic heterocycles. The van der Waals surface area contributed by atoms with E-state index >= 15 is 0 Å². The second kappa shape index (κ2) is 5.50. The number of aliphatic hydroxyl groups is 1.